The number of aliphatic carboxylic acids is 1. The van der Waals surface area contributed by atoms with Crippen LogP contribution in [0, 0.1) is 0 Å². The second kappa shape index (κ2) is 8.43. The van der Waals surface area contributed by atoms with Crippen molar-refractivity contribution in [3.05, 3.63) is 65.7 Å². The molecule has 1 heterocycles. The lowest BCUT2D eigenvalue weighted by Crippen LogP contribution is -2.33. The smallest absolute Gasteiger partial charge is 0.425 e. The number of hydrogen-bond donors (Lipinski definition) is 1. The van der Waals surface area contributed by atoms with Crippen LogP contribution < -0.4 is 4.74 Å². The summed E-state index contributed by atoms with van der Waals surface area (Å²) in [6.45, 7) is -0.147. The van der Waals surface area contributed by atoms with Crippen LogP contribution in [0.4, 0.5) is 4.79 Å². The largest absolute Gasteiger partial charge is 0.490 e. The summed E-state index contributed by atoms with van der Waals surface area (Å²) in [5.41, 5.74) is 1.06. The Labute approximate surface area is 162 Å². The summed E-state index contributed by atoms with van der Waals surface area (Å²) >= 11 is 0. The summed E-state index contributed by atoms with van der Waals surface area (Å²) in [6.07, 6.45) is -0.632. The van der Waals surface area contributed by atoms with Gasteiger partial charge in [-0.2, -0.15) is 0 Å². The lowest BCUT2D eigenvalue weighted by atomic mass is 9.99. The maximum Gasteiger partial charge on any atom is 0.425 e. The quantitative estimate of drug-likeness (QED) is 0.734. The van der Waals surface area contributed by atoms with E-state index >= 15 is 0 Å². The van der Waals surface area contributed by atoms with Crippen LogP contribution in [-0.4, -0.2) is 30.9 Å². The zero-order valence-corrected chi connectivity index (χ0v) is 15.8. The lowest BCUT2D eigenvalue weighted by Gasteiger charge is -2.31. The van der Waals surface area contributed by atoms with Crippen LogP contribution in [0.3, 0.4) is 0 Å². The molecule has 2 aromatic rings. The van der Waals surface area contributed by atoms with Crippen molar-refractivity contribution in [1.82, 2.24) is 0 Å². The molecule has 8 heteroatoms. The molecule has 1 aliphatic heterocycles. The number of carboxylic acid groups (broad SMARTS) is 1. The maximum atomic E-state index is 12.9. The summed E-state index contributed by atoms with van der Waals surface area (Å²) in [4.78, 5) is 23.2. The topological polar surface area (TPSA) is 107 Å². The summed E-state index contributed by atoms with van der Waals surface area (Å²) in [5.74, 6) is -0.655. The Morgan fingerprint density at radius 3 is 2.46 bits per heavy atom. The van der Waals surface area contributed by atoms with Crippen molar-refractivity contribution < 1.29 is 32.6 Å². The number of benzene rings is 2. The highest BCUT2D eigenvalue weighted by Crippen LogP contribution is 2.41. The highest BCUT2D eigenvalue weighted by molar-refractivity contribution is 8.05. The molecule has 0 saturated carbocycles. The van der Waals surface area contributed by atoms with E-state index in [0.29, 0.717) is 16.9 Å². The van der Waals surface area contributed by atoms with Crippen molar-refractivity contribution in [3.63, 3.8) is 0 Å². The number of ether oxygens (including phenoxy) is 2. The van der Waals surface area contributed by atoms with Gasteiger partial charge in [-0.1, -0.05) is 48.5 Å². The first-order chi connectivity index (χ1) is 13.4. The number of hydrogen-bond acceptors (Lipinski definition) is 6. The molecule has 0 amide bonds. The third-order valence-electron chi connectivity index (χ3n) is 4.52. The molecule has 1 N–H and O–H groups in total. The summed E-state index contributed by atoms with van der Waals surface area (Å²) in [5, 5.41) is 6.45. The first-order valence-electron chi connectivity index (χ1n) is 8.80. The van der Waals surface area contributed by atoms with Gasteiger partial charge in [0.15, 0.2) is 0 Å². The Morgan fingerprint density at radius 1 is 1.07 bits per heavy atom. The molecular formula is C20H20O7S. The van der Waals surface area contributed by atoms with Gasteiger partial charge >= 0.3 is 11.3 Å². The van der Waals surface area contributed by atoms with Crippen molar-refractivity contribution in [1.29, 1.82) is 0 Å². The van der Waals surface area contributed by atoms with Crippen molar-refractivity contribution in [2.75, 3.05) is 0 Å². The molecule has 28 heavy (non-hydrogen) atoms. The zero-order chi connectivity index (χ0) is 20.1. The summed E-state index contributed by atoms with van der Waals surface area (Å²) in [6, 6.07) is 15.3. The van der Waals surface area contributed by atoms with Gasteiger partial charge in [-0.3, -0.25) is 4.79 Å². The third-order valence-corrected chi connectivity index (χ3v) is 6.30. The highest BCUT2D eigenvalue weighted by atomic mass is 32.2. The van der Waals surface area contributed by atoms with Crippen LogP contribution in [0.5, 0.6) is 5.75 Å². The van der Waals surface area contributed by atoms with E-state index in [4.69, 9.17) is 14.6 Å². The number of para-hydroxylation sites is 1. The zero-order valence-electron chi connectivity index (χ0n) is 15.0. The van der Waals surface area contributed by atoms with Gasteiger partial charge in [0.05, 0.1) is 0 Å². The Balaban J connectivity index is 1.80. The van der Waals surface area contributed by atoms with Gasteiger partial charge in [0.25, 0.3) is 9.84 Å². The third kappa shape index (κ3) is 4.51. The summed E-state index contributed by atoms with van der Waals surface area (Å²) in [7, 11) is -4.31. The van der Waals surface area contributed by atoms with E-state index in [-0.39, 0.29) is 25.9 Å². The van der Waals surface area contributed by atoms with Crippen LogP contribution in [0.25, 0.3) is 0 Å². The predicted octanol–water partition coefficient (Wildman–Crippen LogP) is 3.50. The van der Waals surface area contributed by atoms with Gasteiger partial charge in [-0.15, -0.1) is 0 Å². The lowest BCUT2D eigenvalue weighted by molar-refractivity contribution is -0.137. The molecule has 1 aliphatic rings. The van der Waals surface area contributed by atoms with Gasteiger partial charge in [0.2, 0.25) is 0 Å². The average molecular weight is 404 g/mol. The fourth-order valence-corrected chi connectivity index (χ4v) is 4.57. The van der Waals surface area contributed by atoms with Crippen LogP contribution in [0.15, 0.2) is 54.6 Å². The average Bonchev–Trinajstić information content (AvgIpc) is 2.70. The van der Waals surface area contributed by atoms with Crippen LogP contribution in [0.1, 0.15) is 35.6 Å². The van der Waals surface area contributed by atoms with E-state index in [1.54, 1.807) is 54.6 Å². The van der Waals surface area contributed by atoms with Crippen molar-refractivity contribution in [3.8, 4) is 5.75 Å². The molecule has 0 bridgehead atoms. The number of carboxylic acids is 1. The monoisotopic (exact) mass is 404 g/mol. The minimum Gasteiger partial charge on any atom is -0.490 e. The minimum atomic E-state index is -4.31. The fourth-order valence-electron chi connectivity index (χ4n) is 3.12. The normalized spacial score (nSPS) is 18.6. The number of rotatable bonds is 6. The molecule has 0 aromatic heterocycles. The van der Waals surface area contributed by atoms with Crippen molar-refractivity contribution in [2.24, 2.45) is 0 Å². The van der Waals surface area contributed by atoms with Gasteiger partial charge in [-0.25, -0.2) is 13.2 Å². The van der Waals surface area contributed by atoms with E-state index < -0.39 is 32.5 Å². The second-order valence-electron chi connectivity index (χ2n) is 6.50. The van der Waals surface area contributed by atoms with Crippen LogP contribution in [-0.2, 0) is 26.0 Å². The molecule has 2 aromatic carbocycles. The molecular weight excluding hydrogens is 384 g/mol. The van der Waals surface area contributed by atoms with Gasteiger partial charge < -0.3 is 14.6 Å². The number of carbonyl (C=O) groups excluding carboxylic acids is 1. The SMILES string of the molecule is O=C(O)CC[C@H]1CC(S(=O)(=O)C(=O)OCc2ccccc2)c2ccccc2O1. The fraction of sp³-hybridized carbons (Fsp3) is 0.300. The predicted molar refractivity (Wildman–Crippen MR) is 101 cm³/mol. The molecule has 0 saturated heterocycles. The molecule has 2 atom stereocenters. The van der Waals surface area contributed by atoms with Crippen molar-refractivity contribution >= 4 is 21.1 Å². The maximum absolute atomic E-state index is 12.9. The molecule has 1 unspecified atom stereocenters. The van der Waals surface area contributed by atoms with Crippen LogP contribution >= 0.6 is 0 Å². The molecule has 3 rings (SSSR count). The molecule has 0 fully saturated rings. The first kappa shape index (κ1) is 19.9. The first-order valence-corrected chi connectivity index (χ1v) is 10.3. The Kier molecular flexibility index (Phi) is 5.99. The molecule has 148 valence electrons. The molecule has 0 radical (unpaired) electrons. The van der Waals surface area contributed by atoms with Crippen molar-refractivity contribution in [2.45, 2.75) is 37.2 Å². The minimum absolute atomic E-state index is 0.00688. The molecule has 0 aliphatic carbocycles. The number of fused-ring (bicyclic) bond motifs is 1. The molecule has 7 nitrogen and oxygen atoms in total. The Bertz CT molecular complexity index is 954. The van der Waals surface area contributed by atoms with Gasteiger partial charge in [0, 0.05) is 18.4 Å². The Hall–Kier alpha value is -2.87. The Morgan fingerprint density at radius 2 is 1.75 bits per heavy atom. The number of sulfone groups is 1. The standard InChI is InChI=1S/C20H20O7S/c21-19(22)11-10-15-12-18(16-8-4-5-9-17(16)27-15)28(24,25)20(23)26-13-14-6-2-1-3-7-14/h1-9,15,18H,10-13H2,(H,21,22)/t15-,18?/m0/s1. The second-order valence-corrected chi connectivity index (χ2v) is 8.50. The van der Waals surface area contributed by atoms with Crippen LogP contribution in [0.2, 0.25) is 0 Å². The van der Waals surface area contributed by atoms with E-state index in [1.807, 2.05) is 0 Å². The van der Waals surface area contributed by atoms with Gasteiger partial charge in [0.1, 0.15) is 23.7 Å². The number of carbonyl (C=O) groups is 2. The van der Waals surface area contributed by atoms with E-state index in [9.17, 15) is 18.0 Å². The van der Waals surface area contributed by atoms with E-state index in [2.05, 4.69) is 0 Å². The summed E-state index contributed by atoms with van der Waals surface area (Å²) < 4.78 is 36.6. The van der Waals surface area contributed by atoms with Gasteiger partial charge in [-0.05, 0) is 18.1 Å². The van der Waals surface area contributed by atoms with E-state index in [0.717, 1.165) is 0 Å². The molecule has 0 spiro atoms. The van der Waals surface area contributed by atoms with E-state index in [1.165, 1.54) is 0 Å². The highest BCUT2D eigenvalue weighted by Gasteiger charge is 2.42.